The topological polar surface area (TPSA) is 105 Å². The molecule has 3 aromatic rings. The standard InChI is InChI=1S/C36H36F6N2O6/c1-5-7-21-17-24(34(48,35(37,38)39)36(40,41)42)9-13-30(21)50-25-10-11-26(27(18-25)20(3)6-2)28(45)19-44-31(46)33(4,43-32(44)47)23-8-12-29-22(16-23)14-15-49-29/h8-13,16-18,20,48H,5-7,14-15,19H2,1-4H3,(H,43,47). The fraction of sp³-hybridized carbons (Fsp3) is 0.417. The summed E-state index contributed by atoms with van der Waals surface area (Å²) in [6, 6.07) is 11.0. The maximum absolute atomic E-state index is 13.7. The number of amides is 3. The minimum absolute atomic E-state index is 0.000304. The molecule has 2 aliphatic heterocycles. The van der Waals surface area contributed by atoms with Gasteiger partial charge in [0.15, 0.2) is 5.78 Å². The van der Waals surface area contributed by atoms with E-state index in [1.165, 1.54) is 18.2 Å². The predicted molar refractivity (Wildman–Crippen MR) is 169 cm³/mol. The molecule has 3 amide bonds. The van der Waals surface area contributed by atoms with Gasteiger partial charge in [0.2, 0.25) is 0 Å². The highest BCUT2D eigenvalue weighted by atomic mass is 19.4. The lowest BCUT2D eigenvalue weighted by Crippen LogP contribution is -2.53. The van der Waals surface area contributed by atoms with E-state index in [0.717, 1.165) is 16.5 Å². The lowest BCUT2D eigenvalue weighted by molar-refractivity contribution is -0.376. The molecule has 2 N–H and O–H groups in total. The molecular weight excluding hydrogens is 670 g/mol. The number of fused-ring (bicyclic) bond motifs is 1. The largest absolute Gasteiger partial charge is 0.493 e. The highest BCUT2D eigenvalue weighted by molar-refractivity contribution is 6.11. The summed E-state index contributed by atoms with van der Waals surface area (Å²) in [6.45, 7) is 6.91. The minimum Gasteiger partial charge on any atom is -0.493 e. The number of urea groups is 1. The third-order valence-corrected chi connectivity index (χ3v) is 9.36. The number of carbonyl (C=O) groups is 3. The maximum atomic E-state index is 13.7. The van der Waals surface area contributed by atoms with Crippen molar-refractivity contribution in [2.24, 2.45) is 0 Å². The summed E-state index contributed by atoms with van der Waals surface area (Å²) >= 11 is 0. The lowest BCUT2D eigenvalue weighted by atomic mass is 9.89. The summed E-state index contributed by atoms with van der Waals surface area (Å²) in [6.07, 6.45) is -10.5. The molecule has 0 bridgehead atoms. The van der Waals surface area contributed by atoms with Crippen LogP contribution in [0.2, 0.25) is 0 Å². The predicted octanol–water partition coefficient (Wildman–Crippen LogP) is 7.84. The molecule has 8 nitrogen and oxygen atoms in total. The van der Waals surface area contributed by atoms with Crippen LogP contribution in [0.1, 0.15) is 84.6 Å². The van der Waals surface area contributed by atoms with Gasteiger partial charge in [-0.05, 0) is 90.4 Å². The summed E-state index contributed by atoms with van der Waals surface area (Å²) in [5.74, 6) is -0.545. The van der Waals surface area contributed by atoms with Gasteiger partial charge in [-0.1, -0.05) is 39.3 Å². The molecule has 0 aliphatic carbocycles. The van der Waals surface area contributed by atoms with Gasteiger partial charge in [0.25, 0.3) is 11.5 Å². The SMILES string of the molecule is CCCc1cc(C(O)(C(F)(F)F)C(F)(F)F)ccc1Oc1ccc(C(=O)CN2C(=O)NC(C)(c3ccc4c(c3)CCO4)C2=O)c(C(C)CC)c1. The number of hydrogen-bond donors (Lipinski definition) is 2. The highest BCUT2D eigenvalue weighted by Gasteiger charge is 2.71. The second-order valence-electron chi connectivity index (χ2n) is 12.7. The number of halogens is 6. The van der Waals surface area contributed by atoms with Crippen LogP contribution in [0.15, 0.2) is 54.6 Å². The lowest BCUT2D eigenvalue weighted by Gasteiger charge is -2.33. The summed E-state index contributed by atoms with van der Waals surface area (Å²) in [5.41, 5.74) is -5.73. The van der Waals surface area contributed by atoms with Crippen LogP contribution in [0, 0.1) is 0 Å². The average Bonchev–Trinajstić information content (AvgIpc) is 3.61. The van der Waals surface area contributed by atoms with Gasteiger partial charge < -0.3 is 19.9 Å². The number of aryl methyl sites for hydroxylation is 1. The van der Waals surface area contributed by atoms with Crippen molar-refractivity contribution in [2.45, 2.75) is 82.8 Å². The fourth-order valence-electron chi connectivity index (χ4n) is 6.23. The van der Waals surface area contributed by atoms with E-state index < -0.39 is 53.3 Å². The number of alkyl halides is 6. The van der Waals surface area contributed by atoms with Crippen molar-refractivity contribution in [2.75, 3.05) is 13.2 Å². The number of rotatable bonds is 11. The van der Waals surface area contributed by atoms with Crippen LogP contribution < -0.4 is 14.8 Å². The molecule has 3 aromatic carbocycles. The second kappa shape index (κ2) is 13.3. The number of Topliss-reactive ketones (excluding diaryl/α,β-unsaturated/α-hetero) is 1. The molecule has 2 atom stereocenters. The molecule has 5 rings (SSSR count). The van der Waals surface area contributed by atoms with Gasteiger partial charge in [0.05, 0.1) is 13.2 Å². The number of nitrogens with zero attached hydrogens (tertiary/aromatic N) is 1. The number of nitrogens with one attached hydrogen (secondary N) is 1. The average molecular weight is 707 g/mol. The molecule has 0 aromatic heterocycles. The molecule has 14 heteroatoms. The van der Waals surface area contributed by atoms with Crippen LogP contribution in [-0.4, -0.2) is 53.2 Å². The van der Waals surface area contributed by atoms with Gasteiger partial charge in [-0.25, -0.2) is 4.79 Å². The Morgan fingerprint density at radius 3 is 2.36 bits per heavy atom. The number of imide groups is 1. The molecule has 0 spiro atoms. The smallest absolute Gasteiger partial charge is 0.430 e. The van der Waals surface area contributed by atoms with Crippen LogP contribution >= 0.6 is 0 Å². The van der Waals surface area contributed by atoms with Gasteiger partial charge in [0.1, 0.15) is 22.8 Å². The van der Waals surface area contributed by atoms with E-state index in [9.17, 15) is 45.8 Å². The Bertz CT molecular complexity index is 1810. The third kappa shape index (κ3) is 6.40. The fourth-order valence-corrected chi connectivity index (χ4v) is 6.23. The van der Waals surface area contributed by atoms with Crippen LogP contribution in [0.25, 0.3) is 0 Å². The minimum atomic E-state index is -6.04. The first-order valence-corrected chi connectivity index (χ1v) is 16.1. The summed E-state index contributed by atoms with van der Waals surface area (Å²) in [4.78, 5) is 41.2. The van der Waals surface area contributed by atoms with Crippen molar-refractivity contribution in [3.05, 3.63) is 88.0 Å². The summed E-state index contributed by atoms with van der Waals surface area (Å²) < 4.78 is 92.9. The quantitative estimate of drug-likeness (QED) is 0.120. The number of ether oxygens (including phenoxy) is 2. The number of hydrogen-bond acceptors (Lipinski definition) is 6. The number of carbonyl (C=O) groups excluding carboxylic acids is 3. The molecule has 0 radical (unpaired) electrons. The molecule has 0 saturated carbocycles. The molecule has 2 aliphatic rings. The molecule has 1 fully saturated rings. The van der Waals surface area contributed by atoms with Crippen LogP contribution in [0.4, 0.5) is 31.1 Å². The summed E-state index contributed by atoms with van der Waals surface area (Å²) in [7, 11) is 0. The van der Waals surface area contributed by atoms with E-state index >= 15 is 0 Å². The molecule has 2 unspecified atom stereocenters. The van der Waals surface area contributed by atoms with Crippen molar-refractivity contribution in [3.63, 3.8) is 0 Å². The van der Waals surface area contributed by atoms with Gasteiger partial charge in [-0.3, -0.25) is 14.5 Å². The van der Waals surface area contributed by atoms with Crippen molar-refractivity contribution in [1.82, 2.24) is 10.2 Å². The van der Waals surface area contributed by atoms with E-state index in [1.807, 2.05) is 13.8 Å². The Morgan fingerprint density at radius 2 is 1.72 bits per heavy atom. The van der Waals surface area contributed by atoms with E-state index in [4.69, 9.17) is 9.47 Å². The molecule has 2 heterocycles. The van der Waals surface area contributed by atoms with E-state index in [1.54, 1.807) is 32.0 Å². The van der Waals surface area contributed by atoms with Crippen molar-refractivity contribution >= 4 is 17.7 Å². The van der Waals surface area contributed by atoms with Gasteiger partial charge >= 0.3 is 18.4 Å². The first-order chi connectivity index (χ1) is 23.3. The van der Waals surface area contributed by atoms with E-state index in [0.29, 0.717) is 54.9 Å². The second-order valence-corrected chi connectivity index (χ2v) is 12.7. The van der Waals surface area contributed by atoms with Crippen molar-refractivity contribution in [3.8, 4) is 17.2 Å². The maximum Gasteiger partial charge on any atom is 0.430 e. The third-order valence-electron chi connectivity index (χ3n) is 9.36. The van der Waals surface area contributed by atoms with Gasteiger partial charge in [-0.15, -0.1) is 0 Å². The van der Waals surface area contributed by atoms with E-state index in [2.05, 4.69) is 5.32 Å². The van der Waals surface area contributed by atoms with Crippen molar-refractivity contribution in [1.29, 1.82) is 0 Å². The zero-order valence-electron chi connectivity index (χ0n) is 27.7. The van der Waals surface area contributed by atoms with Gasteiger partial charge in [-0.2, -0.15) is 26.3 Å². The zero-order chi connectivity index (χ0) is 36.8. The molecule has 50 heavy (non-hydrogen) atoms. The Hall–Kier alpha value is -4.59. The Morgan fingerprint density at radius 1 is 1.02 bits per heavy atom. The monoisotopic (exact) mass is 706 g/mol. The number of aliphatic hydroxyl groups is 1. The Kier molecular flexibility index (Phi) is 9.74. The number of ketones is 1. The first kappa shape index (κ1) is 36.7. The molecule has 1 saturated heterocycles. The van der Waals surface area contributed by atoms with Gasteiger partial charge in [0, 0.05) is 17.5 Å². The Balaban J connectivity index is 1.42. The van der Waals surface area contributed by atoms with Crippen LogP contribution in [0.3, 0.4) is 0 Å². The zero-order valence-corrected chi connectivity index (χ0v) is 27.7. The van der Waals surface area contributed by atoms with Crippen LogP contribution in [-0.2, 0) is 28.8 Å². The van der Waals surface area contributed by atoms with Crippen molar-refractivity contribution < 1.29 is 55.3 Å². The normalized spacial score (nSPS) is 18.5. The van der Waals surface area contributed by atoms with Crippen LogP contribution in [0.5, 0.6) is 17.2 Å². The number of benzene rings is 3. The molecular formula is C36H36F6N2O6. The summed E-state index contributed by atoms with van der Waals surface area (Å²) in [5, 5.41) is 12.6. The highest BCUT2D eigenvalue weighted by Crippen LogP contribution is 2.51. The first-order valence-electron chi connectivity index (χ1n) is 16.1. The Labute approximate surface area is 284 Å². The van der Waals surface area contributed by atoms with E-state index in [-0.39, 0.29) is 35.0 Å². The molecule has 268 valence electrons.